The van der Waals surface area contributed by atoms with Crippen LogP contribution in [0.2, 0.25) is 0 Å². The first-order valence-corrected chi connectivity index (χ1v) is 7.74. The summed E-state index contributed by atoms with van der Waals surface area (Å²) in [6, 6.07) is 5.90. The summed E-state index contributed by atoms with van der Waals surface area (Å²) in [5.74, 6) is -0.818. The molecule has 132 valence electrons. The summed E-state index contributed by atoms with van der Waals surface area (Å²) >= 11 is 0. The second kappa shape index (κ2) is 8.90. The average Bonchev–Trinajstić information content (AvgIpc) is 2.60. The second-order valence-electron chi connectivity index (χ2n) is 5.39. The molecular weight excluding hydrogens is 312 g/mol. The van der Waals surface area contributed by atoms with Crippen LogP contribution in [0, 0.1) is 0 Å². The van der Waals surface area contributed by atoms with E-state index in [0.29, 0.717) is 24.1 Å². The number of esters is 2. The van der Waals surface area contributed by atoms with Crippen LogP contribution in [-0.4, -0.2) is 37.7 Å². The molecule has 7 nitrogen and oxygen atoms in total. The highest BCUT2D eigenvalue weighted by molar-refractivity contribution is 5.92. The van der Waals surface area contributed by atoms with Crippen LogP contribution in [0.3, 0.4) is 0 Å². The molecule has 0 bridgehead atoms. The Morgan fingerprint density at radius 1 is 1.00 bits per heavy atom. The predicted molar refractivity (Wildman–Crippen MR) is 89.9 cm³/mol. The Balaban J connectivity index is 2.75. The number of carbonyl (C=O) groups is 3. The number of hydrogen-bond donors (Lipinski definition) is 2. The highest BCUT2D eigenvalue weighted by atomic mass is 16.5. The molecule has 0 atom stereocenters. The van der Waals surface area contributed by atoms with Crippen molar-refractivity contribution in [2.24, 2.45) is 0 Å². The molecule has 0 spiro atoms. The third kappa shape index (κ3) is 5.26. The van der Waals surface area contributed by atoms with Crippen molar-refractivity contribution in [2.45, 2.75) is 38.6 Å². The van der Waals surface area contributed by atoms with Crippen LogP contribution in [0.4, 0.5) is 10.5 Å². The van der Waals surface area contributed by atoms with Crippen LogP contribution in [-0.2, 0) is 14.3 Å². The predicted octanol–water partition coefficient (Wildman–Crippen LogP) is 2.72. The van der Waals surface area contributed by atoms with Gasteiger partial charge >= 0.3 is 18.0 Å². The van der Waals surface area contributed by atoms with Gasteiger partial charge in [-0.25, -0.2) is 9.59 Å². The summed E-state index contributed by atoms with van der Waals surface area (Å²) in [5.41, 5.74) is 0.258. The molecule has 1 rings (SSSR count). The van der Waals surface area contributed by atoms with Crippen molar-refractivity contribution in [3.05, 3.63) is 29.8 Å². The van der Waals surface area contributed by atoms with Crippen LogP contribution >= 0.6 is 0 Å². The number of nitrogens with one attached hydrogen (secondary N) is 2. The van der Waals surface area contributed by atoms with Crippen LogP contribution < -0.4 is 10.6 Å². The molecule has 0 heterocycles. The van der Waals surface area contributed by atoms with Gasteiger partial charge in [0.2, 0.25) is 0 Å². The van der Waals surface area contributed by atoms with Crippen molar-refractivity contribution in [3.8, 4) is 0 Å². The third-order valence-electron chi connectivity index (χ3n) is 4.01. The van der Waals surface area contributed by atoms with Crippen LogP contribution in [0.15, 0.2) is 24.3 Å². The highest BCUT2D eigenvalue weighted by Gasteiger charge is 2.31. The Hall–Kier alpha value is -2.57. The van der Waals surface area contributed by atoms with Gasteiger partial charge in [-0.05, 0) is 37.1 Å². The highest BCUT2D eigenvalue weighted by Crippen LogP contribution is 2.21. The zero-order valence-electron chi connectivity index (χ0n) is 14.5. The van der Waals surface area contributed by atoms with Gasteiger partial charge in [0.25, 0.3) is 0 Å². The van der Waals surface area contributed by atoms with Gasteiger partial charge in [0, 0.05) is 5.69 Å². The molecule has 0 unspecified atom stereocenters. The maximum absolute atomic E-state index is 12.2. The van der Waals surface area contributed by atoms with E-state index in [1.54, 1.807) is 24.3 Å². The normalized spacial score (nSPS) is 10.7. The monoisotopic (exact) mass is 336 g/mol. The zero-order valence-corrected chi connectivity index (χ0v) is 14.5. The minimum atomic E-state index is -0.664. The minimum Gasteiger partial charge on any atom is -0.469 e. The van der Waals surface area contributed by atoms with E-state index in [4.69, 9.17) is 4.74 Å². The molecular formula is C17H24N2O5. The third-order valence-corrected chi connectivity index (χ3v) is 4.01. The van der Waals surface area contributed by atoms with Gasteiger partial charge in [0.15, 0.2) is 0 Å². The van der Waals surface area contributed by atoms with E-state index >= 15 is 0 Å². The average molecular weight is 336 g/mol. The summed E-state index contributed by atoms with van der Waals surface area (Å²) in [4.78, 5) is 35.2. The summed E-state index contributed by atoms with van der Waals surface area (Å²) in [7, 11) is 2.62. The molecule has 0 saturated carbocycles. The van der Waals surface area contributed by atoms with E-state index in [1.807, 2.05) is 13.8 Å². The van der Waals surface area contributed by atoms with Gasteiger partial charge in [-0.1, -0.05) is 13.8 Å². The van der Waals surface area contributed by atoms with Crippen molar-refractivity contribution >= 4 is 23.7 Å². The SMILES string of the molecule is CCC(CC)(CC(=O)OC)NC(=O)Nc1ccc(C(=O)OC)cc1. The zero-order chi connectivity index (χ0) is 18.2. The molecule has 0 aliphatic carbocycles. The number of ether oxygens (including phenoxy) is 2. The van der Waals surface area contributed by atoms with Crippen molar-refractivity contribution in [3.63, 3.8) is 0 Å². The van der Waals surface area contributed by atoms with Gasteiger partial charge in [0.1, 0.15) is 0 Å². The maximum Gasteiger partial charge on any atom is 0.337 e. The molecule has 7 heteroatoms. The fourth-order valence-electron chi connectivity index (χ4n) is 2.28. The smallest absolute Gasteiger partial charge is 0.337 e. The van der Waals surface area contributed by atoms with Crippen LogP contribution in [0.1, 0.15) is 43.5 Å². The quantitative estimate of drug-likeness (QED) is 0.747. The van der Waals surface area contributed by atoms with Gasteiger partial charge in [-0.15, -0.1) is 0 Å². The van der Waals surface area contributed by atoms with Crippen molar-refractivity contribution in [1.29, 1.82) is 0 Å². The first-order valence-electron chi connectivity index (χ1n) is 7.74. The number of urea groups is 1. The Bertz CT molecular complexity index is 579. The Morgan fingerprint density at radius 3 is 2.04 bits per heavy atom. The Morgan fingerprint density at radius 2 is 1.58 bits per heavy atom. The fourth-order valence-corrected chi connectivity index (χ4v) is 2.28. The molecule has 1 aromatic rings. The maximum atomic E-state index is 12.2. The van der Waals surface area contributed by atoms with Crippen molar-refractivity contribution < 1.29 is 23.9 Å². The topological polar surface area (TPSA) is 93.7 Å². The number of amides is 2. The number of rotatable bonds is 7. The number of hydrogen-bond acceptors (Lipinski definition) is 5. The van der Waals surface area contributed by atoms with Crippen LogP contribution in [0.5, 0.6) is 0 Å². The number of carbonyl (C=O) groups excluding carboxylic acids is 3. The van der Waals surface area contributed by atoms with Crippen molar-refractivity contribution in [1.82, 2.24) is 5.32 Å². The van der Waals surface area contributed by atoms with E-state index < -0.39 is 17.5 Å². The molecule has 0 fully saturated rings. The van der Waals surface area contributed by atoms with Crippen LogP contribution in [0.25, 0.3) is 0 Å². The Kier molecular flexibility index (Phi) is 7.23. The molecule has 0 radical (unpaired) electrons. The first-order chi connectivity index (χ1) is 11.4. The largest absolute Gasteiger partial charge is 0.469 e. The van der Waals surface area contributed by atoms with E-state index in [1.165, 1.54) is 14.2 Å². The molecule has 2 amide bonds. The molecule has 0 saturated heterocycles. The lowest BCUT2D eigenvalue weighted by atomic mass is 9.89. The molecule has 0 aliphatic rings. The van der Waals surface area contributed by atoms with E-state index in [-0.39, 0.29) is 12.4 Å². The lowest BCUT2D eigenvalue weighted by molar-refractivity contribution is -0.142. The Labute approximate surface area is 141 Å². The van der Waals surface area contributed by atoms with Gasteiger partial charge < -0.3 is 20.1 Å². The molecule has 0 aliphatic heterocycles. The lowest BCUT2D eigenvalue weighted by Crippen LogP contribution is -2.50. The number of benzene rings is 1. The first kappa shape index (κ1) is 19.5. The van der Waals surface area contributed by atoms with Gasteiger partial charge in [-0.2, -0.15) is 0 Å². The molecule has 0 aromatic heterocycles. The standard InChI is InChI=1S/C17H24N2O5/c1-5-17(6-2,11-14(20)23-3)19-16(22)18-13-9-7-12(8-10-13)15(21)24-4/h7-10H,5-6,11H2,1-4H3,(H2,18,19,22). The summed E-state index contributed by atoms with van der Waals surface area (Å²) in [5, 5.41) is 5.54. The number of anilines is 1. The fraction of sp³-hybridized carbons (Fsp3) is 0.471. The van der Waals surface area contributed by atoms with Crippen molar-refractivity contribution in [2.75, 3.05) is 19.5 Å². The van der Waals surface area contributed by atoms with E-state index in [9.17, 15) is 14.4 Å². The van der Waals surface area contributed by atoms with E-state index in [0.717, 1.165) is 0 Å². The molecule has 24 heavy (non-hydrogen) atoms. The summed E-state index contributed by atoms with van der Waals surface area (Å²) < 4.78 is 9.32. The van der Waals surface area contributed by atoms with Gasteiger partial charge in [0.05, 0.1) is 31.7 Å². The summed E-state index contributed by atoms with van der Waals surface area (Å²) in [6.07, 6.45) is 1.28. The lowest BCUT2D eigenvalue weighted by Gasteiger charge is -2.31. The molecule has 1 aromatic carbocycles. The second-order valence-corrected chi connectivity index (χ2v) is 5.39. The summed E-state index contributed by atoms with van der Waals surface area (Å²) in [6.45, 7) is 3.80. The van der Waals surface area contributed by atoms with Gasteiger partial charge in [-0.3, -0.25) is 4.79 Å². The van der Waals surface area contributed by atoms with E-state index in [2.05, 4.69) is 15.4 Å². The molecule has 2 N–H and O–H groups in total. The minimum absolute atomic E-state index is 0.102. The number of methoxy groups -OCH3 is 2.